The number of nitrogens with one attached hydrogen (secondary N) is 3. The molecule has 0 spiro atoms. The van der Waals surface area contributed by atoms with Crippen molar-refractivity contribution >= 4 is 12.1 Å². The van der Waals surface area contributed by atoms with E-state index < -0.39 is 17.6 Å². The topological polar surface area (TPSA) is 74.2 Å². The Labute approximate surface area is 188 Å². The minimum Gasteiger partial charge on any atom is -0.474 e. The summed E-state index contributed by atoms with van der Waals surface area (Å²) in [5.41, 5.74) is -0.436. The lowest BCUT2D eigenvalue weighted by molar-refractivity contribution is -0.137. The highest BCUT2D eigenvalue weighted by Crippen LogP contribution is 2.33. The molecule has 2 rings (SSSR count). The van der Waals surface area contributed by atoms with Crippen LogP contribution < -0.4 is 10.6 Å². The van der Waals surface area contributed by atoms with Gasteiger partial charge in [-0.2, -0.15) is 13.2 Å². The van der Waals surface area contributed by atoms with Gasteiger partial charge in [0.2, 0.25) is 5.88 Å². The molecule has 3 atom stereocenters. The van der Waals surface area contributed by atoms with Crippen molar-refractivity contribution in [1.82, 2.24) is 10.6 Å². The highest BCUT2D eigenvalue weighted by atomic mass is 19.4. The molecule has 0 bridgehead atoms. The quantitative estimate of drug-likeness (QED) is 0.271. The molecule has 1 amide bonds. The maximum Gasteiger partial charge on any atom is 0.416 e. The van der Waals surface area contributed by atoms with Crippen LogP contribution in [0.15, 0.2) is 35.7 Å². The highest BCUT2D eigenvalue weighted by Gasteiger charge is 2.31. The Morgan fingerprint density at radius 1 is 1.28 bits per heavy atom. The summed E-state index contributed by atoms with van der Waals surface area (Å²) in [5, 5.41) is 13.5. The van der Waals surface area contributed by atoms with Gasteiger partial charge < -0.3 is 20.8 Å². The van der Waals surface area contributed by atoms with E-state index in [-0.39, 0.29) is 24.1 Å². The number of benzene rings is 1. The normalized spacial score (nSPS) is 22.2. The Balaban J connectivity index is 2.08. The Morgan fingerprint density at radius 2 is 2.00 bits per heavy atom. The second-order valence-electron chi connectivity index (χ2n) is 9.10. The summed E-state index contributed by atoms with van der Waals surface area (Å²) >= 11 is 0. The average molecular weight is 454 g/mol. The Hall–Kier alpha value is -2.51. The molecular formula is C24H34F3N3O2. The van der Waals surface area contributed by atoms with Gasteiger partial charge in [-0.3, -0.25) is 4.79 Å². The summed E-state index contributed by atoms with van der Waals surface area (Å²) in [4.78, 5) is 12.9. The molecule has 0 radical (unpaired) electrons. The van der Waals surface area contributed by atoms with Gasteiger partial charge in [-0.05, 0) is 61.1 Å². The van der Waals surface area contributed by atoms with Crippen molar-refractivity contribution in [2.24, 2.45) is 17.8 Å². The molecule has 3 unspecified atom stereocenters. The van der Waals surface area contributed by atoms with Crippen LogP contribution in [0.4, 0.5) is 13.2 Å². The molecule has 5 nitrogen and oxygen atoms in total. The zero-order chi connectivity index (χ0) is 23.9. The van der Waals surface area contributed by atoms with E-state index in [2.05, 4.69) is 31.4 Å². The molecule has 0 saturated heterocycles. The summed E-state index contributed by atoms with van der Waals surface area (Å²) < 4.78 is 44.4. The Morgan fingerprint density at radius 3 is 2.59 bits per heavy atom. The second-order valence-corrected chi connectivity index (χ2v) is 9.10. The SMILES string of the molecule is CN/C(OCc1cccc(C(F)(F)F)c1)=C(\C=N)C(=O)NC1CC(C)CC(CC(C)C)C1. The number of halogens is 3. The van der Waals surface area contributed by atoms with E-state index >= 15 is 0 Å². The van der Waals surface area contributed by atoms with Crippen LogP contribution in [-0.4, -0.2) is 25.2 Å². The number of alkyl halides is 3. The molecular weight excluding hydrogens is 419 g/mol. The average Bonchev–Trinajstić information content (AvgIpc) is 2.69. The van der Waals surface area contributed by atoms with Gasteiger partial charge in [0.25, 0.3) is 5.91 Å². The van der Waals surface area contributed by atoms with E-state index in [9.17, 15) is 18.0 Å². The molecule has 0 heterocycles. The molecule has 3 N–H and O–H groups in total. The van der Waals surface area contributed by atoms with Crippen LogP contribution in [0.2, 0.25) is 0 Å². The van der Waals surface area contributed by atoms with Crippen molar-refractivity contribution in [2.45, 2.75) is 65.3 Å². The van der Waals surface area contributed by atoms with Crippen LogP contribution in [0, 0.1) is 23.2 Å². The second kappa shape index (κ2) is 11.4. The number of amides is 1. The van der Waals surface area contributed by atoms with Gasteiger partial charge in [0.05, 0.1) is 5.56 Å². The molecule has 178 valence electrons. The van der Waals surface area contributed by atoms with Gasteiger partial charge in [-0.15, -0.1) is 0 Å². The Kier molecular flexibility index (Phi) is 9.16. The fraction of sp³-hybridized carbons (Fsp3) is 0.583. The van der Waals surface area contributed by atoms with Crippen LogP contribution in [0.5, 0.6) is 0 Å². The maximum absolute atomic E-state index is 12.9. The zero-order valence-electron chi connectivity index (χ0n) is 19.2. The standard InChI is InChI=1S/C24H34F3N3O2/c1-15(2)8-18-9-16(3)10-20(12-18)30-22(31)21(13-28)23(29-4)32-14-17-6-5-7-19(11-17)24(25,26)27/h5-7,11,13,15-16,18,20,28-29H,8-10,12,14H2,1-4H3,(H,30,31)/b23-21-,28-13?. The van der Waals surface area contributed by atoms with E-state index in [4.69, 9.17) is 10.1 Å². The smallest absolute Gasteiger partial charge is 0.416 e. The largest absolute Gasteiger partial charge is 0.474 e. The van der Waals surface area contributed by atoms with E-state index in [1.807, 2.05) is 0 Å². The highest BCUT2D eigenvalue weighted by molar-refractivity contribution is 6.11. The first-order chi connectivity index (χ1) is 15.0. The van der Waals surface area contributed by atoms with E-state index in [1.165, 1.54) is 12.1 Å². The molecule has 1 aliphatic rings. The summed E-state index contributed by atoms with van der Waals surface area (Å²) in [6.07, 6.45) is 0.518. The number of rotatable bonds is 9. The van der Waals surface area contributed by atoms with Gasteiger partial charge in [0.15, 0.2) is 0 Å². The van der Waals surface area contributed by atoms with Crippen LogP contribution in [0.25, 0.3) is 0 Å². The molecule has 0 aliphatic heterocycles. The predicted octanol–water partition coefficient (Wildman–Crippen LogP) is 5.27. The lowest BCUT2D eigenvalue weighted by atomic mass is 9.76. The fourth-order valence-electron chi connectivity index (χ4n) is 4.50. The number of hydrogen-bond donors (Lipinski definition) is 3. The summed E-state index contributed by atoms with van der Waals surface area (Å²) in [5.74, 6) is 1.29. The predicted molar refractivity (Wildman–Crippen MR) is 119 cm³/mol. The molecule has 1 aromatic rings. The zero-order valence-corrected chi connectivity index (χ0v) is 19.2. The fourth-order valence-corrected chi connectivity index (χ4v) is 4.50. The minimum absolute atomic E-state index is 0.0121. The van der Waals surface area contributed by atoms with Crippen molar-refractivity contribution in [1.29, 1.82) is 5.41 Å². The lowest BCUT2D eigenvalue weighted by Gasteiger charge is -2.34. The lowest BCUT2D eigenvalue weighted by Crippen LogP contribution is -2.42. The molecule has 1 fully saturated rings. The molecule has 8 heteroatoms. The first-order valence-corrected chi connectivity index (χ1v) is 11.1. The van der Waals surface area contributed by atoms with Gasteiger partial charge in [0, 0.05) is 19.3 Å². The van der Waals surface area contributed by atoms with Crippen molar-refractivity contribution in [3.05, 3.63) is 46.8 Å². The first kappa shape index (κ1) is 25.7. The van der Waals surface area contributed by atoms with Gasteiger partial charge in [0.1, 0.15) is 12.2 Å². The van der Waals surface area contributed by atoms with E-state index in [0.717, 1.165) is 44.0 Å². The van der Waals surface area contributed by atoms with Crippen molar-refractivity contribution in [3.63, 3.8) is 0 Å². The third-order valence-electron chi connectivity index (χ3n) is 5.68. The van der Waals surface area contributed by atoms with Crippen molar-refractivity contribution < 1.29 is 22.7 Å². The van der Waals surface area contributed by atoms with Gasteiger partial charge >= 0.3 is 6.18 Å². The van der Waals surface area contributed by atoms with E-state index in [0.29, 0.717) is 23.3 Å². The van der Waals surface area contributed by atoms with Gasteiger partial charge in [-0.25, -0.2) is 0 Å². The van der Waals surface area contributed by atoms with Crippen LogP contribution in [0.1, 0.15) is 57.6 Å². The van der Waals surface area contributed by atoms with Gasteiger partial charge in [-0.1, -0.05) is 32.9 Å². The third-order valence-corrected chi connectivity index (χ3v) is 5.68. The number of ether oxygens (including phenoxy) is 1. The van der Waals surface area contributed by atoms with E-state index in [1.54, 1.807) is 7.05 Å². The molecule has 1 aliphatic carbocycles. The number of hydrogen-bond acceptors (Lipinski definition) is 4. The molecule has 0 aromatic heterocycles. The van der Waals surface area contributed by atoms with Crippen LogP contribution in [0.3, 0.4) is 0 Å². The minimum atomic E-state index is -4.44. The molecule has 32 heavy (non-hydrogen) atoms. The molecule has 1 aromatic carbocycles. The summed E-state index contributed by atoms with van der Waals surface area (Å²) in [7, 11) is 1.54. The monoisotopic (exact) mass is 453 g/mol. The van der Waals surface area contributed by atoms with Crippen LogP contribution in [-0.2, 0) is 22.3 Å². The first-order valence-electron chi connectivity index (χ1n) is 11.1. The maximum atomic E-state index is 12.9. The third kappa shape index (κ3) is 7.57. The molecule has 1 saturated carbocycles. The van der Waals surface area contributed by atoms with Crippen LogP contribution >= 0.6 is 0 Å². The number of carbonyl (C=O) groups is 1. The number of carbonyl (C=O) groups excluding carboxylic acids is 1. The van der Waals surface area contributed by atoms with Crippen molar-refractivity contribution in [3.8, 4) is 0 Å². The summed E-state index contributed by atoms with van der Waals surface area (Å²) in [6, 6.07) is 4.85. The Bertz CT molecular complexity index is 819. The van der Waals surface area contributed by atoms with Crippen molar-refractivity contribution in [2.75, 3.05) is 7.05 Å². The summed E-state index contributed by atoms with van der Waals surface area (Å²) in [6.45, 7) is 6.42.